The Balaban J connectivity index is 1.35. The first kappa shape index (κ1) is 34.5. The first-order valence-corrected chi connectivity index (χ1v) is 21.5. The molecule has 0 atom stereocenters. The van der Waals surface area contributed by atoms with Gasteiger partial charge in [-0.15, -0.1) is 0 Å². The molecule has 9 rings (SSSR count). The molecule has 3 heterocycles. The molecule has 2 aliphatic rings. The van der Waals surface area contributed by atoms with E-state index in [-0.39, 0.29) is 16.2 Å². The molecule has 0 fully saturated rings. The third kappa shape index (κ3) is 5.00. The number of rotatable bonds is 5. The van der Waals surface area contributed by atoms with E-state index in [1.54, 1.807) is 6.33 Å². The fraction of sp³-hybridized carbons (Fsp3) is 0.188. The maximum Gasteiger partial charge on any atom is 0.227 e. The van der Waals surface area contributed by atoms with Gasteiger partial charge in [-0.25, -0.2) is 15.0 Å². The molecule has 4 nitrogen and oxygen atoms in total. The van der Waals surface area contributed by atoms with Gasteiger partial charge in [0, 0.05) is 26.3 Å². The molecule has 0 amide bonds. The lowest BCUT2D eigenvalue weighted by Gasteiger charge is -2.43. The van der Waals surface area contributed by atoms with E-state index < -0.39 is 8.07 Å². The number of aromatic nitrogens is 3. The van der Waals surface area contributed by atoms with Crippen LogP contribution in [-0.2, 0) is 16.2 Å². The van der Waals surface area contributed by atoms with Crippen LogP contribution in [0.25, 0.3) is 11.4 Å². The van der Waals surface area contributed by atoms with E-state index in [1.165, 1.54) is 42.0 Å². The third-order valence-corrected chi connectivity index (χ3v) is 18.4. The van der Waals surface area contributed by atoms with Gasteiger partial charge < -0.3 is 4.74 Å². The zero-order valence-electron chi connectivity index (χ0n) is 31.6. The Kier molecular flexibility index (Phi) is 8.07. The summed E-state index contributed by atoms with van der Waals surface area (Å²) in [6.07, 6.45) is 1.71. The maximum absolute atomic E-state index is 6.75. The Morgan fingerprint density at radius 1 is 0.537 bits per heavy atom. The van der Waals surface area contributed by atoms with Crippen molar-refractivity contribution in [3.05, 3.63) is 174 Å². The maximum atomic E-state index is 6.75. The van der Waals surface area contributed by atoms with Crippen molar-refractivity contribution in [1.29, 1.82) is 0 Å². The number of benzene rings is 6. The minimum Gasteiger partial charge on any atom is -0.456 e. The molecular formula is C48H43N3OSSi. The number of fused-ring (bicyclic) bond motifs is 4. The highest BCUT2D eigenvalue weighted by molar-refractivity contribution is 7.99. The van der Waals surface area contributed by atoms with Crippen LogP contribution in [0.5, 0.6) is 11.5 Å². The Hall–Kier alpha value is -5.30. The van der Waals surface area contributed by atoms with Crippen LogP contribution in [0, 0.1) is 0 Å². The van der Waals surface area contributed by atoms with Gasteiger partial charge in [0.15, 0.2) is 5.82 Å². The highest BCUT2D eigenvalue weighted by Crippen LogP contribution is 2.54. The summed E-state index contributed by atoms with van der Waals surface area (Å²) in [6.45, 7) is 14.1. The van der Waals surface area contributed by atoms with Crippen LogP contribution in [0.1, 0.15) is 63.8 Å². The molecule has 0 saturated heterocycles. The smallest absolute Gasteiger partial charge is 0.227 e. The monoisotopic (exact) mass is 737 g/mol. The molecule has 1 aromatic heterocycles. The van der Waals surface area contributed by atoms with Crippen molar-refractivity contribution < 1.29 is 4.74 Å². The average Bonchev–Trinajstić information content (AvgIpc) is 3.26. The van der Waals surface area contributed by atoms with Gasteiger partial charge in [0.2, 0.25) is 8.07 Å². The highest BCUT2D eigenvalue weighted by atomic mass is 32.2. The Labute approximate surface area is 323 Å². The molecule has 0 radical (unpaired) electrons. The van der Waals surface area contributed by atoms with Crippen LogP contribution in [0.15, 0.2) is 162 Å². The minimum atomic E-state index is -3.24. The second kappa shape index (κ2) is 12.6. The molecule has 0 unspecified atom stereocenters. The fourth-order valence-corrected chi connectivity index (χ4v) is 15.2. The summed E-state index contributed by atoms with van der Waals surface area (Å²) >= 11 is 1.90. The van der Waals surface area contributed by atoms with Gasteiger partial charge in [-0.1, -0.05) is 181 Å². The Bertz CT molecular complexity index is 2510. The van der Waals surface area contributed by atoms with Crippen LogP contribution >= 0.6 is 11.8 Å². The molecule has 0 aliphatic carbocycles. The minimum absolute atomic E-state index is 0.136. The number of hydrogen-bond acceptors (Lipinski definition) is 5. The van der Waals surface area contributed by atoms with Crippen LogP contribution in [0.3, 0.4) is 0 Å². The predicted molar refractivity (Wildman–Crippen MR) is 224 cm³/mol. The fourth-order valence-electron chi connectivity index (χ4n) is 8.77. The van der Waals surface area contributed by atoms with E-state index in [0.717, 1.165) is 28.1 Å². The molecule has 7 aromatic rings. The van der Waals surface area contributed by atoms with E-state index >= 15 is 0 Å². The lowest BCUT2D eigenvalue weighted by molar-refractivity contribution is 0.296. The van der Waals surface area contributed by atoms with Gasteiger partial charge in [-0.05, 0) is 55.7 Å². The molecule has 0 bridgehead atoms. The molecular weight excluding hydrogens is 695 g/mol. The summed E-state index contributed by atoms with van der Waals surface area (Å²) in [6, 6.07) is 52.5. The first-order valence-electron chi connectivity index (χ1n) is 18.7. The van der Waals surface area contributed by atoms with Crippen molar-refractivity contribution in [2.24, 2.45) is 0 Å². The van der Waals surface area contributed by atoms with Crippen molar-refractivity contribution in [2.75, 3.05) is 0 Å². The SMILES string of the molecule is CC1(C)c2ccccc2Oc2c(-c3ncnc([Si](c4ccccc4)(c4ccccc4)c4cccc5c4Sc4ccccc4C(C)(C)C5(C)C)n3)cccc21. The summed E-state index contributed by atoms with van der Waals surface area (Å²) < 4.78 is 6.75. The summed E-state index contributed by atoms with van der Waals surface area (Å²) in [5, 5.41) is 3.72. The molecule has 0 saturated carbocycles. The van der Waals surface area contributed by atoms with Crippen molar-refractivity contribution in [3.63, 3.8) is 0 Å². The number of para-hydroxylation sites is 2. The molecule has 0 spiro atoms. The van der Waals surface area contributed by atoms with Gasteiger partial charge in [-0.2, -0.15) is 0 Å². The normalized spacial score (nSPS) is 16.1. The van der Waals surface area contributed by atoms with E-state index in [9.17, 15) is 0 Å². The summed E-state index contributed by atoms with van der Waals surface area (Å²) in [5.74, 6) is 2.27. The topological polar surface area (TPSA) is 47.9 Å². The number of ether oxygens (including phenoxy) is 1. The standard InChI is InChI=1S/C48H43N3OSSi/c1-46(2)35-24-13-15-28-39(35)52-42-34(23-17-26-37(42)46)44-49-31-50-45(51-44)54(32-19-9-7-10-20-32,33-21-11-8-12-22-33)41-30-18-27-38-43(41)53-40-29-16-14-25-36(40)47(3,4)48(38,5)6/h7-31H,1-6H3. The van der Waals surface area contributed by atoms with Crippen molar-refractivity contribution >= 4 is 40.8 Å². The van der Waals surface area contributed by atoms with Crippen LogP contribution < -0.4 is 25.7 Å². The Morgan fingerprint density at radius 2 is 1.11 bits per heavy atom. The molecule has 6 aromatic carbocycles. The molecule has 54 heavy (non-hydrogen) atoms. The van der Waals surface area contributed by atoms with E-state index in [4.69, 9.17) is 19.7 Å². The number of hydrogen-bond donors (Lipinski definition) is 0. The molecule has 266 valence electrons. The van der Waals surface area contributed by atoms with Crippen molar-refractivity contribution in [2.45, 2.75) is 67.6 Å². The van der Waals surface area contributed by atoms with Gasteiger partial charge >= 0.3 is 0 Å². The van der Waals surface area contributed by atoms with Gasteiger partial charge in [0.1, 0.15) is 23.3 Å². The van der Waals surface area contributed by atoms with Crippen LogP contribution in [-0.4, -0.2) is 23.0 Å². The molecule has 6 heteroatoms. The molecule has 2 aliphatic heterocycles. The third-order valence-electron chi connectivity index (χ3n) is 12.4. The van der Waals surface area contributed by atoms with Gasteiger partial charge in [0.05, 0.1) is 5.56 Å². The van der Waals surface area contributed by atoms with E-state index in [2.05, 4.69) is 181 Å². The lowest BCUT2D eigenvalue weighted by Crippen LogP contribution is -2.76. The molecule has 0 N–H and O–H groups in total. The summed E-state index contributed by atoms with van der Waals surface area (Å²) in [5.41, 5.74) is 6.05. The second-order valence-electron chi connectivity index (χ2n) is 16.1. The zero-order chi connectivity index (χ0) is 37.3. The van der Waals surface area contributed by atoms with Crippen molar-refractivity contribution in [1.82, 2.24) is 15.0 Å². The first-order chi connectivity index (χ1) is 26.1. The zero-order valence-corrected chi connectivity index (χ0v) is 33.4. The van der Waals surface area contributed by atoms with Crippen LogP contribution in [0.4, 0.5) is 0 Å². The van der Waals surface area contributed by atoms with Gasteiger partial charge in [0.25, 0.3) is 0 Å². The summed E-state index contributed by atoms with van der Waals surface area (Å²) in [4.78, 5) is 18.3. The lowest BCUT2D eigenvalue weighted by atomic mass is 9.61. The van der Waals surface area contributed by atoms with E-state index in [0.29, 0.717) is 5.82 Å². The quantitative estimate of drug-likeness (QED) is 0.130. The summed E-state index contributed by atoms with van der Waals surface area (Å²) in [7, 11) is -3.24. The predicted octanol–water partition coefficient (Wildman–Crippen LogP) is 9.07. The van der Waals surface area contributed by atoms with Gasteiger partial charge in [-0.3, -0.25) is 0 Å². The largest absolute Gasteiger partial charge is 0.456 e. The average molecular weight is 738 g/mol. The Morgan fingerprint density at radius 3 is 1.83 bits per heavy atom. The van der Waals surface area contributed by atoms with Crippen molar-refractivity contribution in [3.8, 4) is 22.9 Å². The van der Waals surface area contributed by atoms with Crippen LogP contribution in [0.2, 0.25) is 0 Å². The number of nitrogens with zero attached hydrogens (tertiary/aromatic N) is 3. The highest BCUT2D eigenvalue weighted by Gasteiger charge is 2.50. The van der Waals surface area contributed by atoms with E-state index in [1.807, 2.05) is 17.8 Å². The second-order valence-corrected chi connectivity index (χ2v) is 20.7.